The zero-order chi connectivity index (χ0) is 15.0. The number of rotatable bonds is 2. The lowest BCUT2D eigenvalue weighted by molar-refractivity contribution is 0.0689. The van der Waals surface area contributed by atoms with Crippen LogP contribution in [0.4, 0.5) is 0 Å². The minimum Gasteiger partial charge on any atom is -0.358 e. The van der Waals surface area contributed by atoms with Gasteiger partial charge in [-0.3, -0.25) is 4.79 Å². The Balaban J connectivity index is 1.83. The van der Waals surface area contributed by atoms with Crippen LogP contribution in [0.1, 0.15) is 47.8 Å². The van der Waals surface area contributed by atoms with Crippen molar-refractivity contribution in [2.75, 3.05) is 13.1 Å². The van der Waals surface area contributed by atoms with Crippen LogP contribution in [0, 0.1) is 19.8 Å². The molecule has 1 aromatic heterocycles. The molecule has 3 nitrogen and oxygen atoms in total. The number of aromatic nitrogens is 1. The van der Waals surface area contributed by atoms with Crippen molar-refractivity contribution >= 4 is 16.8 Å². The van der Waals surface area contributed by atoms with Crippen molar-refractivity contribution in [3.05, 3.63) is 35.0 Å². The van der Waals surface area contributed by atoms with Crippen molar-refractivity contribution in [2.45, 2.75) is 40.0 Å². The lowest BCUT2D eigenvalue weighted by Gasteiger charge is -2.31. The van der Waals surface area contributed by atoms with Gasteiger partial charge < -0.3 is 9.88 Å². The fourth-order valence-corrected chi connectivity index (χ4v) is 3.32. The molecule has 0 spiro atoms. The van der Waals surface area contributed by atoms with Gasteiger partial charge in [0, 0.05) is 35.2 Å². The largest absolute Gasteiger partial charge is 0.358 e. The Labute approximate surface area is 126 Å². The number of carbonyl (C=O) groups is 1. The zero-order valence-corrected chi connectivity index (χ0v) is 13.2. The van der Waals surface area contributed by atoms with E-state index < -0.39 is 0 Å². The first-order valence-electron chi connectivity index (χ1n) is 7.98. The van der Waals surface area contributed by atoms with Crippen LogP contribution in [0.25, 0.3) is 10.9 Å². The Morgan fingerprint density at radius 3 is 2.67 bits per heavy atom. The second-order valence-electron chi connectivity index (χ2n) is 6.28. The molecule has 1 fully saturated rings. The molecule has 0 radical (unpaired) electrons. The van der Waals surface area contributed by atoms with E-state index in [0.717, 1.165) is 42.9 Å². The Morgan fingerprint density at radius 2 is 2.00 bits per heavy atom. The van der Waals surface area contributed by atoms with Gasteiger partial charge in [-0.05, 0) is 56.4 Å². The summed E-state index contributed by atoms with van der Waals surface area (Å²) in [5.74, 6) is 0.982. The highest BCUT2D eigenvalue weighted by molar-refractivity contribution is 5.99. The summed E-state index contributed by atoms with van der Waals surface area (Å²) in [6.07, 6.45) is 3.52. The number of likely N-dealkylation sites (tertiary alicyclic amines) is 1. The second kappa shape index (κ2) is 5.55. The van der Waals surface area contributed by atoms with Gasteiger partial charge in [0.05, 0.1) is 0 Å². The van der Waals surface area contributed by atoms with Crippen LogP contribution in [0.3, 0.4) is 0 Å². The van der Waals surface area contributed by atoms with Gasteiger partial charge in [0.2, 0.25) is 0 Å². The minimum absolute atomic E-state index is 0.185. The van der Waals surface area contributed by atoms with E-state index >= 15 is 0 Å². The summed E-state index contributed by atoms with van der Waals surface area (Å²) in [6.45, 7) is 8.23. The number of benzene rings is 1. The number of fused-ring (bicyclic) bond motifs is 1. The van der Waals surface area contributed by atoms with Crippen LogP contribution in [-0.4, -0.2) is 28.9 Å². The Kier molecular flexibility index (Phi) is 3.75. The minimum atomic E-state index is 0.185. The van der Waals surface area contributed by atoms with Gasteiger partial charge in [-0.1, -0.05) is 13.3 Å². The SMILES string of the molecule is CCC1CCN(C(=O)c2ccc3[nH]c(C)c(C)c3c2)CC1. The number of aryl methyl sites for hydroxylation is 2. The Bertz CT molecular complexity index is 663. The second-order valence-corrected chi connectivity index (χ2v) is 6.28. The molecule has 1 amide bonds. The first kappa shape index (κ1) is 14.2. The molecule has 1 aliphatic rings. The third-order valence-electron chi connectivity index (χ3n) is 5.03. The molecule has 0 unspecified atom stereocenters. The predicted molar refractivity (Wildman–Crippen MR) is 86.7 cm³/mol. The van der Waals surface area contributed by atoms with E-state index in [2.05, 4.69) is 25.8 Å². The Hall–Kier alpha value is -1.77. The fourth-order valence-electron chi connectivity index (χ4n) is 3.32. The number of carbonyl (C=O) groups excluding carboxylic acids is 1. The molecule has 3 rings (SSSR count). The van der Waals surface area contributed by atoms with Crippen molar-refractivity contribution in [2.24, 2.45) is 5.92 Å². The van der Waals surface area contributed by atoms with E-state index in [1.165, 1.54) is 23.1 Å². The summed E-state index contributed by atoms with van der Waals surface area (Å²) in [4.78, 5) is 18.0. The lowest BCUT2D eigenvalue weighted by Crippen LogP contribution is -2.38. The van der Waals surface area contributed by atoms with E-state index in [0.29, 0.717) is 0 Å². The number of piperidine rings is 1. The number of hydrogen-bond donors (Lipinski definition) is 1. The maximum Gasteiger partial charge on any atom is 0.253 e. The van der Waals surface area contributed by atoms with Crippen LogP contribution in [0.5, 0.6) is 0 Å². The van der Waals surface area contributed by atoms with Crippen LogP contribution in [0.2, 0.25) is 0 Å². The highest BCUT2D eigenvalue weighted by Crippen LogP contribution is 2.25. The number of nitrogens with zero attached hydrogens (tertiary/aromatic N) is 1. The number of H-pyrrole nitrogens is 1. The highest BCUT2D eigenvalue weighted by Gasteiger charge is 2.23. The Morgan fingerprint density at radius 1 is 1.29 bits per heavy atom. The van der Waals surface area contributed by atoms with Crippen molar-refractivity contribution in [1.82, 2.24) is 9.88 Å². The monoisotopic (exact) mass is 284 g/mol. The fraction of sp³-hybridized carbons (Fsp3) is 0.500. The summed E-state index contributed by atoms with van der Waals surface area (Å²) >= 11 is 0. The number of hydrogen-bond acceptors (Lipinski definition) is 1. The van der Waals surface area contributed by atoms with E-state index in [4.69, 9.17) is 0 Å². The molecule has 0 aliphatic carbocycles. The molecular formula is C18H24N2O. The van der Waals surface area contributed by atoms with Gasteiger partial charge in [0.15, 0.2) is 0 Å². The smallest absolute Gasteiger partial charge is 0.253 e. The first-order chi connectivity index (χ1) is 10.1. The van der Waals surface area contributed by atoms with Crippen LogP contribution < -0.4 is 0 Å². The molecule has 3 heteroatoms. The molecule has 2 heterocycles. The van der Waals surface area contributed by atoms with Crippen molar-refractivity contribution in [1.29, 1.82) is 0 Å². The first-order valence-corrected chi connectivity index (χ1v) is 7.98. The third-order valence-corrected chi connectivity index (χ3v) is 5.03. The molecule has 112 valence electrons. The van der Waals surface area contributed by atoms with Crippen molar-refractivity contribution in [3.63, 3.8) is 0 Å². The van der Waals surface area contributed by atoms with E-state index in [1.807, 2.05) is 23.1 Å². The van der Waals surface area contributed by atoms with Crippen LogP contribution in [0.15, 0.2) is 18.2 Å². The predicted octanol–water partition coefficient (Wildman–Crippen LogP) is 4.05. The number of nitrogens with one attached hydrogen (secondary N) is 1. The molecule has 2 aromatic rings. The molecule has 1 aromatic carbocycles. The average molecular weight is 284 g/mol. The molecule has 0 saturated carbocycles. The summed E-state index contributed by atoms with van der Waals surface area (Å²) in [6, 6.07) is 6.02. The van der Waals surface area contributed by atoms with E-state index in [1.54, 1.807) is 0 Å². The van der Waals surface area contributed by atoms with Crippen molar-refractivity contribution < 1.29 is 4.79 Å². The topological polar surface area (TPSA) is 36.1 Å². The van der Waals surface area contributed by atoms with Gasteiger partial charge in [-0.15, -0.1) is 0 Å². The summed E-state index contributed by atoms with van der Waals surface area (Å²) in [5, 5.41) is 1.17. The molecule has 0 bridgehead atoms. The molecular weight excluding hydrogens is 260 g/mol. The van der Waals surface area contributed by atoms with Gasteiger partial charge in [0.1, 0.15) is 0 Å². The van der Waals surface area contributed by atoms with Gasteiger partial charge >= 0.3 is 0 Å². The summed E-state index contributed by atoms with van der Waals surface area (Å²) < 4.78 is 0. The third kappa shape index (κ3) is 2.57. The van der Waals surface area contributed by atoms with Gasteiger partial charge in [0.25, 0.3) is 5.91 Å². The normalized spacial score (nSPS) is 16.6. The number of aromatic amines is 1. The van der Waals surface area contributed by atoms with Gasteiger partial charge in [-0.25, -0.2) is 0 Å². The van der Waals surface area contributed by atoms with Crippen LogP contribution >= 0.6 is 0 Å². The summed E-state index contributed by atoms with van der Waals surface area (Å²) in [7, 11) is 0. The molecule has 1 saturated heterocycles. The van der Waals surface area contributed by atoms with Crippen LogP contribution in [-0.2, 0) is 0 Å². The van der Waals surface area contributed by atoms with E-state index in [9.17, 15) is 4.79 Å². The maximum absolute atomic E-state index is 12.7. The van der Waals surface area contributed by atoms with Crippen molar-refractivity contribution in [3.8, 4) is 0 Å². The summed E-state index contributed by atoms with van der Waals surface area (Å²) in [5.41, 5.74) is 4.36. The highest BCUT2D eigenvalue weighted by atomic mass is 16.2. The van der Waals surface area contributed by atoms with E-state index in [-0.39, 0.29) is 5.91 Å². The lowest BCUT2D eigenvalue weighted by atomic mass is 9.94. The standard InChI is InChI=1S/C18H24N2O/c1-4-14-7-9-20(10-8-14)18(21)15-5-6-17-16(11-15)12(2)13(3)19-17/h5-6,11,14,19H,4,7-10H2,1-3H3. The maximum atomic E-state index is 12.7. The zero-order valence-electron chi connectivity index (χ0n) is 13.2. The molecule has 21 heavy (non-hydrogen) atoms. The molecule has 0 atom stereocenters. The quantitative estimate of drug-likeness (QED) is 0.887. The van der Waals surface area contributed by atoms with Gasteiger partial charge in [-0.2, -0.15) is 0 Å². The number of amides is 1. The molecule has 1 aliphatic heterocycles. The average Bonchev–Trinajstić information content (AvgIpc) is 2.81. The molecule has 1 N–H and O–H groups in total.